The average molecular weight is 314 g/mol. The van der Waals surface area contributed by atoms with E-state index in [2.05, 4.69) is 15.6 Å². The van der Waals surface area contributed by atoms with Gasteiger partial charge in [0.2, 0.25) is 0 Å². The third kappa shape index (κ3) is 4.40. The number of amides is 1. The third-order valence-electron chi connectivity index (χ3n) is 2.51. The summed E-state index contributed by atoms with van der Waals surface area (Å²) in [5, 5.41) is 6.85. The molecule has 0 aliphatic rings. The van der Waals surface area contributed by atoms with Crippen LogP contribution in [-0.2, 0) is 17.5 Å². The molecule has 0 bridgehead atoms. The van der Waals surface area contributed by atoms with Crippen LogP contribution in [-0.4, -0.2) is 21.9 Å². The maximum atomic E-state index is 12.7. The molecule has 0 atom stereocenters. The zero-order chi connectivity index (χ0) is 16.2. The molecule has 0 aliphatic heterocycles. The minimum Gasteiger partial charge on any atom is -0.271 e. The van der Waals surface area contributed by atoms with Gasteiger partial charge in [0, 0.05) is 6.20 Å². The van der Waals surface area contributed by atoms with E-state index in [1.807, 2.05) is 0 Å². The quantitative estimate of drug-likeness (QED) is 0.534. The Morgan fingerprint density at radius 3 is 2.55 bits per heavy atom. The highest BCUT2D eigenvalue weighted by molar-refractivity contribution is 5.82. The van der Waals surface area contributed by atoms with Crippen molar-refractivity contribution >= 4 is 12.1 Å². The fourth-order valence-corrected chi connectivity index (χ4v) is 1.51. The van der Waals surface area contributed by atoms with E-state index < -0.39 is 30.1 Å². The van der Waals surface area contributed by atoms with Crippen molar-refractivity contribution in [1.82, 2.24) is 15.2 Å². The average Bonchev–Trinajstić information content (AvgIpc) is 2.89. The van der Waals surface area contributed by atoms with E-state index in [4.69, 9.17) is 0 Å². The monoisotopic (exact) mass is 314 g/mol. The van der Waals surface area contributed by atoms with Crippen molar-refractivity contribution < 1.29 is 22.4 Å². The van der Waals surface area contributed by atoms with E-state index in [1.54, 1.807) is 0 Å². The Bertz CT molecular complexity index is 676. The highest BCUT2D eigenvalue weighted by Gasteiger charge is 2.33. The number of benzene rings is 1. The molecule has 0 fully saturated rings. The van der Waals surface area contributed by atoms with Crippen molar-refractivity contribution in [3.63, 3.8) is 0 Å². The lowest BCUT2D eigenvalue weighted by molar-refractivity contribution is -0.141. The summed E-state index contributed by atoms with van der Waals surface area (Å²) >= 11 is 0. The second-order valence-electron chi connectivity index (χ2n) is 4.24. The van der Waals surface area contributed by atoms with Crippen molar-refractivity contribution in [2.24, 2.45) is 5.10 Å². The van der Waals surface area contributed by atoms with Crippen LogP contribution in [0.3, 0.4) is 0 Å². The zero-order valence-corrected chi connectivity index (χ0v) is 11.0. The summed E-state index contributed by atoms with van der Waals surface area (Å²) in [6.45, 7) is -0.406. The van der Waals surface area contributed by atoms with Crippen LogP contribution in [0.15, 0.2) is 41.6 Å². The fourth-order valence-electron chi connectivity index (χ4n) is 1.51. The van der Waals surface area contributed by atoms with Gasteiger partial charge in [0.05, 0.1) is 6.21 Å². The summed E-state index contributed by atoms with van der Waals surface area (Å²) in [7, 11) is 0. The summed E-state index contributed by atoms with van der Waals surface area (Å²) in [5.74, 6) is -1.05. The Kier molecular flexibility index (Phi) is 4.54. The standard InChI is InChI=1S/C13H10F4N4O/c14-10-3-1-9(2-4-10)7-18-19-12(22)8-21-6-5-11(20-21)13(15,16)17/h1-7H,8H2,(H,19,22)/b18-7-. The minimum atomic E-state index is -4.55. The largest absolute Gasteiger partial charge is 0.435 e. The Hall–Kier alpha value is -2.71. The van der Waals surface area contributed by atoms with Gasteiger partial charge >= 0.3 is 6.18 Å². The molecule has 1 aromatic heterocycles. The second kappa shape index (κ2) is 6.37. The van der Waals surface area contributed by atoms with Crippen LogP contribution in [0.2, 0.25) is 0 Å². The highest BCUT2D eigenvalue weighted by Crippen LogP contribution is 2.27. The van der Waals surface area contributed by atoms with Gasteiger partial charge in [-0.05, 0) is 23.8 Å². The lowest BCUT2D eigenvalue weighted by Crippen LogP contribution is -2.23. The molecule has 1 heterocycles. The topological polar surface area (TPSA) is 59.3 Å². The number of hydrogen-bond donors (Lipinski definition) is 1. The molecule has 0 spiro atoms. The third-order valence-corrected chi connectivity index (χ3v) is 2.51. The van der Waals surface area contributed by atoms with Gasteiger partial charge < -0.3 is 0 Å². The van der Waals surface area contributed by atoms with Gasteiger partial charge in [-0.2, -0.15) is 23.4 Å². The highest BCUT2D eigenvalue weighted by atomic mass is 19.4. The molecule has 9 heteroatoms. The normalized spacial score (nSPS) is 11.8. The molecule has 1 N–H and O–H groups in total. The number of carbonyl (C=O) groups excluding carboxylic acids is 1. The lowest BCUT2D eigenvalue weighted by atomic mass is 10.2. The second-order valence-corrected chi connectivity index (χ2v) is 4.24. The number of nitrogens with zero attached hydrogens (tertiary/aromatic N) is 3. The van der Waals surface area contributed by atoms with Gasteiger partial charge in [0.15, 0.2) is 5.69 Å². The maximum absolute atomic E-state index is 12.7. The Labute approximate surface area is 122 Å². The summed E-state index contributed by atoms with van der Waals surface area (Å²) in [6.07, 6.45) is -2.23. The van der Waals surface area contributed by atoms with E-state index in [-0.39, 0.29) is 0 Å². The van der Waals surface area contributed by atoms with Crippen LogP contribution in [0, 0.1) is 5.82 Å². The first-order chi connectivity index (χ1) is 10.3. The van der Waals surface area contributed by atoms with Crippen LogP contribution in [0.4, 0.5) is 17.6 Å². The first kappa shape index (κ1) is 15.7. The Morgan fingerprint density at radius 1 is 1.27 bits per heavy atom. The molecule has 0 saturated heterocycles. The molecule has 2 rings (SSSR count). The van der Waals surface area contributed by atoms with Gasteiger partial charge in [0.25, 0.3) is 5.91 Å². The Morgan fingerprint density at radius 2 is 1.95 bits per heavy atom. The summed E-state index contributed by atoms with van der Waals surface area (Å²) in [6, 6.07) is 6.13. The van der Waals surface area contributed by atoms with E-state index in [0.29, 0.717) is 5.56 Å². The van der Waals surface area contributed by atoms with Gasteiger partial charge in [-0.3, -0.25) is 9.48 Å². The van der Waals surface area contributed by atoms with Crippen LogP contribution >= 0.6 is 0 Å². The first-order valence-corrected chi connectivity index (χ1v) is 6.03. The smallest absolute Gasteiger partial charge is 0.271 e. The van der Waals surface area contributed by atoms with E-state index in [0.717, 1.165) is 16.9 Å². The molecule has 5 nitrogen and oxygen atoms in total. The van der Waals surface area contributed by atoms with Gasteiger partial charge in [-0.1, -0.05) is 12.1 Å². The van der Waals surface area contributed by atoms with E-state index >= 15 is 0 Å². The van der Waals surface area contributed by atoms with Crippen LogP contribution in [0.1, 0.15) is 11.3 Å². The molecule has 1 aromatic carbocycles. The molecule has 0 unspecified atom stereocenters. The molecular weight excluding hydrogens is 304 g/mol. The Balaban J connectivity index is 1.88. The van der Waals surface area contributed by atoms with Gasteiger partial charge in [0.1, 0.15) is 12.4 Å². The number of nitrogens with one attached hydrogen (secondary N) is 1. The van der Waals surface area contributed by atoms with E-state index in [9.17, 15) is 22.4 Å². The lowest BCUT2D eigenvalue weighted by Gasteiger charge is -2.02. The van der Waals surface area contributed by atoms with Gasteiger partial charge in [-0.15, -0.1) is 0 Å². The van der Waals surface area contributed by atoms with Crippen LogP contribution in [0.25, 0.3) is 0 Å². The van der Waals surface area contributed by atoms with Crippen molar-refractivity contribution in [3.05, 3.63) is 53.6 Å². The molecule has 0 aliphatic carbocycles. The maximum Gasteiger partial charge on any atom is 0.435 e. The number of rotatable bonds is 4. The predicted molar refractivity (Wildman–Crippen MR) is 69.4 cm³/mol. The van der Waals surface area contributed by atoms with Crippen molar-refractivity contribution in [1.29, 1.82) is 0 Å². The number of aromatic nitrogens is 2. The molecular formula is C13H10F4N4O. The summed E-state index contributed by atoms with van der Waals surface area (Å²) in [4.78, 5) is 11.5. The molecule has 116 valence electrons. The molecule has 1 amide bonds. The number of alkyl halides is 3. The molecule has 0 saturated carbocycles. The van der Waals surface area contributed by atoms with Crippen LogP contribution in [0.5, 0.6) is 0 Å². The number of carbonyl (C=O) groups is 1. The van der Waals surface area contributed by atoms with Crippen molar-refractivity contribution in [2.75, 3.05) is 0 Å². The number of hydrazone groups is 1. The number of halogens is 4. The fraction of sp³-hybridized carbons (Fsp3) is 0.154. The van der Waals surface area contributed by atoms with E-state index in [1.165, 1.54) is 30.5 Å². The van der Waals surface area contributed by atoms with Crippen molar-refractivity contribution in [2.45, 2.75) is 12.7 Å². The molecule has 0 radical (unpaired) electrons. The zero-order valence-electron chi connectivity index (χ0n) is 11.0. The SMILES string of the molecule is O=C(Cn1ccc(C(F)(F)F)n1)N/N=C\c1ccc(F)cc1. The first-order valence-electron chi connectivity index (χ1n) is 6.03. The number of hydrogen-bond acceptors (Lipinski definition) is 3. The molecule has 22 heavy (non-hydrogen) atoms. The van der Waals surface area contributed by atoms with Crippen molar-refractivity contribution in [3.8, 4) is 0 Å². The van der Waals surface area contributed by atoms with Gasteiger partial charge in [-0.25, -0.2) is 9.82 Å². The summed E-state index contributed by atoms with van der Waals surface area (Å²) in [5.41, 5.74) is 1.62. The van der Waals surface area contributed by atoms with Crippen LogP contribution < -0.4 is 5.43 Å². The predicted octanol–water partition coefficient (Wildman–Crippen LogP) is 2.19. The minimum absolute atomic E-state index is 0.402. The summed E-state index contributed by atoms with van der Waals surface area (Å²) < 4.78 is 50.5. The molecule has 2 aromatic rings.